The molecule has 4 nitrogen and oxygen atoms in total. The van der Waals surface area contributed by atoms with Crippen molar-refractivity contribution in [3.63, 3.8) is 0 Å². The summed E-state index contributed by atoms with van der Waals surface area (Å²) in [6.45, 7) is 1.74. The van der Waals surface area contributed by atoms with Crippen molar-refractivity contribution >= 4 is 15.9 Å². The molecule has 1 N–H and O–H groups in total. The Bertz CT molecular complexity index is 539. The van der Waals surface area contributed by atoms with Gasteiger partial charge in [-0.05, 0) is 19.1 Å². The first kappa shape index (κ1) is 10.1. The van der Waals surface area contributed by atoms with Gasteiger partial charge in [0.1, 0.15) is 16.5 Å². The molecule has 80 valence electrons. The van der Waals surface area contributed by atoms with Gasteiger partial charge in [-0.3, -0.25) is 5.41 Å². The summed E-state index contributed by atoms with van der Waals surface area (Å²) in [5.41, 5.74) is -0.126. The molecule has 0 radical (unpaired) electrons. The van der Waals surface area contributed by atoms with E-state index in [2.05, 4.69) is 0 Å². The molecular weight excluding hydrogens is 219 g/mol. The van der Waals surface area contributed by atoms with E-state index in [-0.39, 0.29) is 22.8 Å². The van der Waals surface area contributed by atoms with Crippen LogP contribution in [0.2, 0.25) is 0 Å². The lowest BCUT2D eigenvalue weighted by molar-refractivity contribution is 0.539. The van der Waals surface area contributed by atoms with Crippen molar-refractivity contribution in [3.05, 3.63) is 29.6 Å². The van der Waals surface area contributed by atoms with E-state index in [1.807, 2.05) is 0 Å². The molecule has 0 amide bonds. The first-order valence-corrected chi connectivity index (χ1v) is 5.84. The summed E-state index contributed by atoms with van der Waals surface area (Å²) >= 11 is 0. The fourth-order valence-electron chi connectivity index (χ4n) is 1.64. The zero-order chi connectivity index (χ0) is 11.2. The SMILES string of the molecule is CCN1C(=N)c2c(F)cccc2S1(=O)=O. The lowest BCUT2D eigenvalue weighted by Gasteiger charge is -2.13. The van der Waals surface area contributed by atoms with Crippen LogP contribution in [-0.2, 0) is 10.0 Å². The Kier molecular flexibility index (Phi) is 2.04. The van der Waals surface area contributed by atoms with E-state index in [1.165, 1.54) is 12.1 Å². The Balaban J connectivity index is 2.80. The van der Waals surface area contributed by atoms with Crippen molar-refractivity contribution in [2.24, 2.45) is 0 Å². The minimum atomic E-state index is -3.70. The van der Waals surface area contributed by atoms with Crippen molar-refractivity contribution in [1.82, 2.24) is 4.31 Å². The van der Waals surface area contributed by atoms with Crippen molar-refractivity contribution < 1.29 is 12.8 Å². The normalized spacial score (nSPS) is 18.0. The zero-order valence-electron chi connectivity index (χ0n) is 7.99. The van der Waals surface area contributed by atoms with Crippen LogP contribution in [0, 0.1) is 11.2 Å². The molecule has 15 heavy (non-hydrogen) atoms. The third kappa shape index (κ3) is 1.18. The largest absolute Gasteiger partial charge is 0.283 e. The first-order valence-electron chi connectivity index (χ1n) is 4.40. The highest BCUT2D eigenvalue weighted by atomic mass is 32.2. The van der Waals surface area contributed by atoms with Gasteiger partial charge < -0.3 is 0 Å². The number of benzene rings is 1. The predicted molar refractivity (Wildman–Crippen MR) is 52.8 cm³/mol. The number of hydrogen-bond donors (Lipinski definition) is 1. The Morgan fingerprint density at radius 2 is 2.13 bits per heavy atom. The van der Waals surface area contributed by atoms with E-state index >= 15 is 0 Å². The van der Waals surface area contributed by atoms with E-state index < -0.39 is 15.8 Å². The molecule has 1 heterocycles. The highest BCUT2D eigenvalue weighted by molar-refractivity contribution is 7.90. The third-order valence-electron chi connectivity index (χ3n) is 2.32. The monoisotopic (exact) mass is 228 g/mol. The molecule has 0 saturated carbocycles. The third-order valence-corrected chi connectivity index (χ3v) is 4.23. The standard InChI is InChI=1S/C9H9FN2O2S/c1-2-12-9(11)8-6(10)4-3-5-7(8)15(12,13)14/h3-5,11H,2H2,1H3. The fourth-order valence-corrected chi connectivity index (χ4v) is 3.25. The molecule has 0 atom stereocenters. The fraction of sp³-hybridized carbons (Fsp3) is 0.222. The quantitative estimate of drug-likeness (QED) is 0.784. The highest BCUT2D eigenvalue weighted by Gasteiger charge is 2.39. The average Bonchev–Trinajstić information content (AvgIpc) is 2.36. The molecule has 1 aliphatic rings. The van der Waals surface area contributed by atoms with Gasteiger partial charge in [0.15, 0.2) is 0 Å². The summed E-state index contributed by atoms with van der Waals surface area (Å²) in [7, 11) is -3.70. The summed E-state index contributed by atoms with van der Waals surface area (Å²) in [6.07, 6.45) is 0. The molecule has 0 aliphatic carbocycles. The lowest BCUT2D eigenvalue weighted by Crippen LogP contribution is -2.29. The van der Waals surface area contributed by atoms with Crippen molar-refractivity contribution in [3.8, 4) is 0 Å². The van der Waals surface area contributed by atoms with E-state index in [1.54, 1.807) is 6.92 Å². The van der Waals surface area contributed by atoms with Gasteiger partial charge in [-0.15, -0.1) is 0 Å². The molecule has 0 fully saturated rings. The van der Waals surface area contributed by atoms with E-state index in [4.69, 9.17) is 5.41 Å². The van der Waals surface area contributed by atoms with Crippen LogP contribution < -0.4 is 0 Å². The number of rotatable bonds is 1. The molecule has 1 aromatic rings. The van der Waals surface area contributed by atoms with Crippen LogP contribution in [0.1, 0.15) is 12.5 Å². The minimum Gasteiger partial charge on any atom is -0.283 e. The summed E-state index contributed by atoms with van der Waals surface area (Å²) in [4.78, 5) is -0.116. The maximum Gasteiger partial charge on any atom is 0.266 e. The summed E-state index contributed by atoms with van der Waals surface area (Å²) in [6, 6.07) is 3.80. The van der Waals surface area contributed by atoms with Crippen LogP contribution in [-0.4, -0.2) is 25.1 Å². The molecule has 0 spiro atoms. The van der Waals surface area contributed by atoms with Gasteiger partial charge in [0.2, 0.25) is 0 Å². The van der Waals surface area contributed by atoms with Crippen LogP contribution in [0.15, 0.2) is 23.1 Å². The Labute approximate surface area is 86.9 Å². The summed E-state index contributed by atoms with van der Waals surface area (Å²) in [5.74, 6) is -0.956. The predicted octanol–water partition coefficient (Wildman–Crippen LogP) is 1.18. The highest BCUT2D eigenvalue weighted by Crippen LogP contribution is 2.31. The summed E-state index contributed by atoms with van der Waals surface area (Å²) < 4.78 is 37.8. The summed E-state index contributed by atoms with van der Waals surface area (Å²) in [5, 5.41) is 7.59. The molecule has 0 aromatic heterocycles. The van der Waals surface area contributed by atoms with Crippen molar-refractivity contribution in [1.29, 1.82) is 5.41 Å². The van der Waals surface area contributed by atoms with Crippen LogP contribution in [0.4, 0.5) is 4.39 Å². The van der Waals surface area contributed by atoms with Crippen molar-refractivity contribution in [2.45, 2.75) is 11.8 Å². The maximum absolute atomic E-state index is 13.4. The van der Waals surface area contributed by atoms with Crippen LogP contribution in [0.25, 0.3) is 0 Å². The molecule has 2 rings (SSSR count). The Hall–Kier alpha value is -1.43. The van der Waals surface area contributed by atoms with Gasteiger partial charge in [0.25, 0.3) is 10.0 Å². The van der Waals surface area contributed by atoms with Gasteiger partial charge in [-0.1, -0.05) is 6.07 Å². The van der Waals surface area contributed by atoms with Gasteiger partial charge in [0, 0.05) is 6.54 Å². The molecule has 1 aromatic carbocycles. The van der Waals surface area contributed by atoms with Gasteiger partial charge >= 0.3 is 0 Å². The van der Waals surface area contributed by atoms with Crippen LogP contribution in [0.3, 0.4) is 0 Å². The van der Waals surface area contributed by atoms with E-state index in [9.17, 15) is 12.8 Å². The van der Waals surface area contributed by atoms with Crippen LogP contribution >= 0.6 is 0 Å². The first-order chi connectivity index (χ1) is 7.00. The maximum atomic E-state index is 13.4. The topological polar surface area (TPSA) is 61.2 Å². The Morgan fingerprint density at radius 3 is 2.67 bits per heavy atom. The molecule has 6 heteroatoms. The second kappa shape index (κ2) is 3.03. The smallest absolute Gasteiger partial charge is 0.266 e. The number of halogens is 1. The van der Waals surface area contributed by atoms with Gasteiger partial charge in [-0.25, -0.2) is 17.1 Å². The molecular formula is C9H9FN2O2S. The number of nitrogens with zero attached hydrogens (tertiary/aromatic N) is 1. The molecule has 0 bridgehead atoms. The van der Waals surface area contributed by atoms with E-state index in [0.29, 0.717) is 0 Å². The zero-order valence-corrected chi connectivity index (χ0v) is 8.81. The molecule has 1 aliphatic heterocycles. The number of nitrogens with one attached hydrogen (secondary N) is 1. The number of fused-ring (bicyclic) bond motifs is 1. The Morgan fingerprint density at radius 1 is 1.47 bits per heavy atom. The minimum absolute atomic E-state index is 0.116. The number of amidine groups is 1. The number of hydrogen-bond acceptors (Lipinski definition) is 3. The van der Waals surface area contributed by atoms with Crippen LogP contribution in [0.5, 0.6) is 0 Å². The second-order valence-electron chi connectivity index (χ2n) is 3.13. The molecule has 0 saturated heterocycles. The van der Waals surface area contributed by atoms with Crippen molar-refractivity contribution in [2.75, 3.05) is 6.54 Å². The van der Waals surface area contributed by atoms with Gasteiger partial charge in [-0.2, -0.15) is 0 Å². The average molecular weight is 228 g/mol. The van der Waals surface area contributed by atoms with Gasteiger partial charge in [0.05, 0.1) is 5.56 Å². The molecule has 0 unspecified atom stereocenters. The lowest BCUT2D eigenvalue weighted by atomic mass is 10.2. The second-order valence-corrected chi connectivity index (χ2v) is 4.96. The number of sulfonamides is 1. The van der Waals surface area contributed by atoms with E-state index in [0.717, 1.165) is 10.4 Å².